The van der Waals surface area contributed by atoms with Crippen LogP contribution in [-0.2, 0) is 14.3 Å². The molecule has 142 valence electrons. The van der Waals surface area contributed by atoms with Crippen molar-refractivity contribution in [2.75, 3.05) is 13.2 Å². The third kappa shape index (κ3) is 4.35. The van der Waals surface area contributed by atoms with Crippen LogP contribution in [-0.4, -0.2) is 29.9 Å². The van der Waals surface area contributed by atoms with Gasteiger partial charge in [-0.2, -0.15) is 0 Å². The van der Waals surface area contributed by atoms with Gasteiger partial charge in [0.2, 0.25) is 5.91 Å². The molecule has 1 aliphatic heterocycles. The first-order valence-electron chi connectivity index (χ1n) is 9.54. The van der Waals surface area contributed by atoms with Gasteiger partial charge in [0.1, 0.15) is 0 Å². The van der Waals surface area contributed by atoms with Crippen molar-refractivity contribution in [1.29, 1.82) is 0 Å². The molecule has 4 nitrogen and oxygen atoms in total. The number of amides is 1. The van der Waals surface area contributed by atoms with Gasteiger partial charge in [0.15, 0.2) is 0 Å². The van der Waals surface area contributed by atoms with Crippen LogP contribution in [0.1, 0.15) is 70.9 Å². The molecule has 0 aromatic heterocycles. The highest BCUT2D eigenvalue weighted by molar-refractivity contribution is 5.95. The van der Waals surface area contributed by atoms with Crippen molar-refractivity contribution in [3.63, 3.8) is 0 Å². The SMILES string of the molecule is CCN1C(=O)CC(c2ccc(C(C)C)cc2)C(C(=O)OCC(C)C)=C1C. The third-order valence-corrected chi connectivity index (χ3v) is 4.91. The summed E-state index contributed by atoms with van der Waals surface area (Å²) in [5.74, 6) is 0.228. The molecule has 2 rings (SSSR count). The van der Waals surface area contributed by atoms with Gasteiger partial charge in [-0.05, 0) is 36.8 Å². The van der Waals surface area contributed by atoms with Crippen molar-refractivity contribution < 1.29 is 14.3 Å². The Balaban J connectivity index is 2.42. The highest BCUT2D eigenvalue weighted by Crippen LogP contribution is 2.37. The summed E-state index contributed by atoms with van der Waals surface area (Å²) in [7, 11) is 0. The third-order valence-electron chi connectivity index (χ3n) is 4.91. The van der Waals surface area contributed by atoms with Crippen molar-refractivity contribution in [2.45, 2.75) is 59.8 Å². The lowest BCUT2D eigenvalue weighted by molar-refractivity contribution is -0.141. The van der Waals surface area contributed by atoms with Gasteiger partial charge in [0.05, 0.1) is 12.2 Å². The van der Waals surface area contributed by atoms with E-state index in [4.69, 9.17) is 4.74 Å². The summed E-state index contributed by atoms with van der Waals surface area (Å²) >= 11 is 0. The molecule has 1 unspecified atom stereocenters. The first kappa shape index (κ1) is 20.2. The molecular weight excluding hydrogens is 326 g/mol. The van der Waals surface area contributed by atoms with E-state index in [1.54, 1.807) is 4.90 Å². The lowest BCUT2D eigenvalue weighted by Crippen LogP contribution is -2.38. The van der Waals surface area contributed by atoms with E-state index in [0.29, 0.717) is 31.1 Å². The molecule has 1 aliphatic rings. The average Bonchev–Trinajstić information content (AvgIpc) is 2.59. The Labute approximate surface area is 157 Å². The van der Waals surface area contributed by atoms with Crippen molar-refractivity contribution in [3.8, 4) is 0 Å². The van der Waals surface area contributed by atoms with Crippen LogP contribution in [0.25, 0.3) is 0 Å². The van der Waals surface area contributed by atoms with Crippen LogP contribution in [0.5, 0.6) is 0 Å². The lowest BCUT2D eigenvalue weighted by Gasteiger charge is -2.34. The quantitative estimate of drug-likeness (QED) is 0.698. The summed E-state index contributed by atoms with van der Waals surface area (Å²) in [4.78, 5) is 27.1. The van der Waals surface area contributed by atoms with Gasteiger partial charge in [-0.15, -0.1) is 0 Å². The first-order chi connectivity index (χ1) is 12.3. The van der Waals surface area contributed by atoms with E-state index in [2.05, 4.69) is 26.0 Å². The standard InChI is InChI=1S/C22H31NO3/c1-7-23-16(6)21(22(25)26-13-14(2)3)19(12-20(23)24)18-10-8-17(9-11-18)15(4)5/h8-11,14-15,19H,7,12-13H2,1-6H3. The molecule has 0 aliphatic carbocycles. The minimum atomic E-state index is -0.305. The van der Waals surface area contributed by atoms with Crippen molar-refractivity contribution in [1.82, 2.24) is 4.90 Å². The Morgan fingerprint density at radius 2 is 1.81 bits per heavy atom. The fraction of sp³-hybridized carbons (Fsp3) is 0.545. The van der Waals surface area contributed by atoms with E-state index in [1.165, 1.54) is 5.56 Å². The normalized spacial score (nSPS) is 18.1. The topological polar surface area (TPSA) is 46.6 Å². The number of rotatable bonds is 6. The molecule has 26 heavy (non-hydrogen) atoms. The maximum Gasteiger partial charge on any atom is 0.336 e. The fourth-order valence-electron chi connectivity index (χ4n) is 3.39. The molecule has 1 amide bonds. The van der Waals surface area contributed by atoms with Gasteiger partial charge < -0.3 is 9.64 Å². The Hall–Kier alpha value is -2.10. The number of ether oxygens (including phenoxy) is 1. The Kier molecular flexibility index (Phi) is 6.63. The van der Waals surface area contributed by atoms with Crippen molar-refractivity contribution >= 4 is 11.9 Å². The minimum absolute atomic E-state index is 0.0587. The predicted molar refractivity (Wildman–Crippen MR) is 104 cm³/mol. The van der Waals surface area contributed by atoms with E-state index in [1.807, 2.05) is 39.8 Å². The number of benzene rings is 1. The molecule has 0 saturated carbocycles. The maximum atomic E-state index is 12.8. The zero-order valence-electron chi connectivity index (χ0n) is 16.8. The van der Waals surface area contributed by atoms with Crippen molar-refractivity contribution in [3.05, 3.63) is 46.7 Å². The van der Waals surface area contributed by atoms with Crippen molar-refractivity contribution in [2.24, 2.45) is 5.92 Å². The van der Waals surface area contributed by atoms with Crippen LogP contribution in [0.15, 0.2) is 35.5 Å². The summed E-state index contributed by atoms with van der Waals surface area (Å²) in [5, 5.41) is 0. The number of allylic oxidation sites excluding steroid dienone is 1. The van der Waals surface area contributed by atoms with Gasteiger partial charge in [0.25, 0.3) is 0 Å². The summed E-state index contributed by atoms with van der Waals surface area (Å²) in [6.45, 7) is 13.0. The van der Waals surface area contributed by atoms with E-state index in [9.17, 15) is 9.59 Å². The second kappa shape index (κ2) is 8.52. The van der Waals surface area contributed by atoms with Crippen LogP contribution in [0.4, 0.5) is 0 Å². The Bertz CT molecular complexity index is 686. The fourth-order valence-corrected chi connectivity index (χ4v) is 3.39. The number of hydrogen-bond acceptors (Lipinski definition) is 3. The highest BCUT2D eigenvalue weighted by Gasteiger charge is 2.36. The molecule has 4 heteroatoms. The Morgan fingerprint density at radius 1 is 1.19 bits per heavy atom. The molecule has 0 N–H and O–H groups in total. The molecule has 1 aromatic carbocycles. The smallest absolute Gasteiger partial charge is 0.336 e. The Morgan fingerprint density at radius 3 is 2.31 bits per heavy atom. The maximum absolute atomic E-state index is 12.8. The largest absolute Gasteiger partial charge is 0.462 e. The average molecular weight is 357 g/mol. The number of esters is 1. The molecule has 0 fully saturated rings. The zero-order valence-corrected chi connectivity index (χ0v) is 16.8. The molecule has 0 saturated heterocycles. The molecule has 1 aromatic rings. The number of nitrogens with zero attached hydrogens (tertiary/aromatic N) is 1. The molecule has 0 spiro atoms. The van der Waals surface area contributed by atoms with Crippen LogP contribution >= 0.6 is 0 Å². The number of carbonyl (C=O) groups is 2. The van der Waals surface area contributed by atoms with Gasteiger partial charge in [-0.1, -0.05) is 52.0 Å². The second-order valence-corrected chi connectivity index (χ2v) is 7.71. The van der Waals surface area contributed by atoms with Crippen LogP contribution in [0.2, 0.25) is 0 Å². The van der Waals surface area contributed by atoms with Crippen LogP contribution in [0.3, 0.4) is 0 Å². The molecule has 0 radical (unpaired) electrons. The monoisotopic (exact) mass is 357 g/mol. The van der Waals surface area contributed by atoms with Gasteiger partial charge >= 0.3 is 5.97 Å². The van der Waals surface area contributed by atoms with Crippen LogP contribution in [0, 0.1) is 5.92 Å². The summed E-state index contributed by atoms with van der Waals surface area (Å²) in [5.41, 5.74) is 3.57. The highest BCUT2D eigenvalue weighted by atomic mass is 16.5. The molecular formula is C22H31NO3. The number of carbonyl (C=O) groups excluding carboxylic acids is 2. The molecule has 1 heterocycles. The first-order valence-corrected chi connectivity index (χ1v) is 9.54. The number of hydrogen-bond donors (Lipinski definition) is 0. The van der Waals surface area contributed by atoms with Gasteiger partial charge in [-0.3, -0.25) is 4.79 Å². The summed E-state index contributed by atoms with van der Waals surface area (Å²) in [6, 6.07) is 8.25. The second-order valence-electron chi connectivity index (χ2n) is 7.71. The van der Waals surface area contributed by atoms with E-state index in [0.717, 1.165) is 11.3 Å². The molecule has 0 bridgehead atoms. The van der Waals surface area contributed by atoms with E-state index >= 15 is 0 Å². The van der Waals surface area contributed by atoms with Gasteiger partial charge in [0, 0.05) is 24.6 Å². The summed E-state index contributed by atoms with van der Waals surface area (Å²) in [6.07, 6.45) is 0.304. The van der Waals surface area contributed by atoms with Gasteiger partial charge in [-0.25, -0.2) is 4.79 Å². The molecule has 1 atom stereocenters. The predicted octanol–water partition coefficient (Wildman–Crippen LogP) is 4.62. The minimum Gasteiger partial charge on any atom is -0.462 e. The lowest BCUT2D eigenvalue weighted by atomic mass is 9.83. The zero-order chi connectivity index (χ0) is 19.4. The summed E-state index contributed by atoms with van der Waals surface area (Å²) < 4.78 is 5.52. The van der Waals surface area contributed by atoms with E-state index < -0.39 is 0 Å². The van der Waals surface area contributed by atoms with E-state index in [-0.39, 0.29) is 23.7 Å². The van der Waals surface area contributed by atoms with Crippen LogP contribution < -0.4 is 0 Å².